The summed E-state index contributed by atoms with van der Waals surface area (Å²) in [5.41, 5.74) is 7.94. The summed E-state index contributed by atoms with van der Waals surface area (Å²) >= 11 is 1.74. The molecule has 0 aliphatic heterocycles. The monoisotopic (exact) mass is 250 g/mol. The fraction of sp³-hybridized carbons (Fsp3) is 0.308. The summed E-state index contributed by atoms with van der Waals surface area (Å²) in [5.74, 6) is 1.73. The standard InChI is InChI=1S/C13H18N2OS/c1-3-5-17-6-4-15-13(16)11-7-10(2)8-12(14)9-11/h3,7-9H,1,4-6,14H2,2H3,(H,15,16). The summed E-state index contributed by atoms with van der Waals surface area (Å²) in [6, 6.07) is 5.37. The van der Waals surface area contributed by atoms with E-state index in [0.717, 1.165) is 17.1 Å². The Labute approximate surface area is 106 Å². The molecule has 3 N–H and O–H groups in total. The molecule has 1 aromatic carbocycles. The highest BCUT2D eigenvalue weighted by Gasteiger charge is 2.05. The molecule has 0 aliphatic carbocycles. The van der Waals surface area contributed by atoms with Crippen molar-refractivity contribution < 1.29 is 4.79 Å². The van der Waals surface area contributed by atoms with E-state index in [-0.39, 0.29) is 5.91 Å². The van der Waals surface area contributed by atoms with E-state index in [0.29, 0.717) is 17.8 Å². The molecule has 0 fully saturated rings. The lowest BCUT2D eigenvalue weighted by atomic mass is 10.1. The number of benzene rings is 1. The van der Waals surface area contributed by atoms with E-state index < -0.39 is 0 Å². The molecule has 3 nitrogen and oxygen atoms in total. The van der Waals surface area contributed by atoms with Crippen molar-refractivity contribution in [3.8, 4) is 0 Å². The molecule has 4 heteroatoms. The highest BCUT2D eigenvalue weighted by atomic mass is 32.2. The molecule has 1 aromatic rings. The molecule has 0 saturated heterocycles. The van der Waals surface area contributed by atoms with E-state index in [1.807, 2.05) is 25.1 Å². The summed E-state index contributed by atoms with van der Waals surface area (Å²) in [6.45, 7) is 6.22. The van der Waals surface area contributed by atoms with Crippen LogP contribution in [0.5, 0.6) is 0 Å². The Morgan fingerprint density at radius 3 is 2.94 bits per heavy atom. The first kappa shape index (κ1) is 13.6. The van der Waals surface area contributed by atoms with Crippen molar-refractivity contribution in [2.24, 2.45) is 0 Å². The Morgan fingerprint density at radius 1 is 1.53 bits per heavy atom. The van der Waals surface area contributed by atoms with Crippen molar-refractivity contribution in [1.82, 2.24) is 5.32 Å². The van der Waals surface area contributed by atoms with Gasteiger partial charge in [0.25, 0.3) is 5.91 Å². The van der Waals surface area contributed by atoms with Gasteiger partial charge in [-0.05, 0) is 30.7 Å². The van der Waals surface area contributed by atoms with Crippen LogP contribution in [0.4, 0.5) is 5.69 Å². The Morgan fingerprint density at radius 2 is 2.29 bits per heavy atom. The number of carbonyl (C=O) groups is 1. The van der Waals surface area contributed by atoms with Gasteiger partial charge in [0.15, 0.2) is 0 Å². The van der Waals surface area contributed by atoms with Crippen molar-refractivity contribution in [3.63, 3.8) is 0 Å². The second-order valence-electron chi connectivity index (χ2n) is 3.75. The van der Waals surface area contributed by atoms with Crippen LogP contribution in [0.3, 0.4) is 0 Å². The molecule has 1 rings (SSSR count). The van der Waals surface area contributed by atoms with Gasteiger partial charge in [0.1, 0.15) is 0 Å². The van der Waals surface area contributed by atoms with E-state index in [2.05, 4.69) is 11.9 Å². The third-order valence-corrected chi connectivity index (χ3v) is 3.09. The Balaban J connectivity index is 2.44. The number of anilines is 1. The Kier molecular flexibility index (Phi) is 5.63. The maximum atomic E-state index is 11.8. The van der Waals surface area contributed by atoms with Gasteiger partial charge in [-0.2, -0.15) is 11.8 Å². The SMILES string of the molecule is C=CCSCCNC(=O)c1cc(C)cc(N)c1. The summed E-state index contributed by atoms with van der Waals surface area (Å²) in [6.07, 6.45) is 1.85. The van der Waals surface area contributed by atoms with Crippen molar-refractivity contribution in [2.75, 3.05) is 23.8 Å². The smallest absolute Gasteiger partial charge is 0.251 e. The van der Waals surface area contributed by atoms with E-state index in [9.17, 15) is 4.79 Å². The molecule has 17 heavy (non-hydrogen) atoms. The molecule has 0 radical (unpaired) electrons. The normalized spacial score (nSPS) is 9.94. The van der Waals surface area contributed by atoms with Crippen LogP contribution in [-0.2, 0) is 0 Å². The van der Waals surface area contributed by atoms with E-state index in [1.54, 1.807) is 17.8 Å². The maximum Gasteiger partial charge on any atom is 0.251 e. The maximum absolute atomic E-state index is 11.8. The molecule has 0 aliphatic rings. The van der Waals surface area contributed by atoms with Gasteiger partial charge < -0.3 is 11.1 Å². The van der Waals surface area contributed by atoms with Crippen molar-refractivity contribution >= 4 is 23.4 Å². The van der Waals surface area contributed by atoms with Gasteiger partial charge in [-0.1, -0.05) is 6.08 Å². The second kappa shape index (κ2) is 7.01. The topological polar surface area (TPSA) is 55.1 Å². The lowest BCUT2D eigenvalue weighted by molar-refractivity contribution is 0.0956. The first-order valence-electron chi connectivity index (χ1n) is 5.47. The molecule has 0 unspecified atom stereocenters. The molecule has 0 bridgehead atoms. The van der Waals surface area contributed by atoms with Crippen LogP contribution in [0.25, 0.3) is 0 Å². The van der Waals surface area contributed by atoms with Gasteiger partial charge in [-0.15, -0.1) is 6.58 Å². The Bertz CT molecular complexity index is 384. The molecule has 0 spiro atoms. The average Bonchev–Trinajstić information content (AvgIpc) is 2.27. The van der Waals surface area contributed by atoms with Crippen LogP contribution in [0.1, 0.15) is 15.9 Å². The summed E-state index contributed by atoms with van der Waals surface area (Å²) in [7, 11) is 0. The molecule has 0 aromatic heterocycles. The lowest BCUT2D eigenvalue weighted by Gasteiger charge is -2.06. The van der Waals surface area contributed by atoms with Gasteiger partial charge in [-0.3, -0.25) is 4.79 Å². The number of thioether (sulfide) groups is 1. The summed E-state index contributed by atoms with van der Waals surface area (Å²) < 4.78 is 0. The number of amides is 1. The third kappa shape index (κ3) is 4.95. The first-order chi connectivity index (χ1) is 8.13. The van der Waals surface area contributed by atoms with Crippen molar-refractivity contribution in [1.29, 1.82) is 0 Å². The number of hydrogen-bond acceptors (Lipinski definition) is 3. The number of nitrogens with two attached hydrogens (primary N) is 1. The zero-order chi connectivity index (χ0) is 12.7. The van der Waals surface area contributed by atoms with Crippen LogP contribution in [0.15, 0.2) is 30.9 Å². The van der Waals surface area contributed by atoms with Gasteiger partial charge in [0.05, 0.1) is 0 Å². The number of carbonyl (C=O) groups excluding carboxylic acids is 1. The lowest BCUT2D eigenvalue weighted by Crippen LogP contribution is -2.25. The van der Waals surface area contributed by atoms with Crippen molar-refractivity contribution in [2.45, 2.75) is 6.92 Å². The first-order valence-corrected chi connectivity index (χ1v) is 6.63. The molecule has 92 valence electrons. The molecular weight excluding hydrogens is 232 g/mol. The van der Waals surface area contributed by atoms with Gasteiger partial charge >= 0.3 is 0 Å². The molecule has 1 amide bonds. The largest absolute Gasteiger partial charge is 0.399 e. The fourth-order valence-corrected chi connectivity index (χ4v) is 2.03. The van der Waals surface area contributed by atoms with E-state index in [1.165, 1.54) is 0 Å². The van der Waals surface area contributed by atoms with Crippen LogP contribution in [0, 0.1) is 6.92 Å². The predicted molar refractivity (Wildman–Crippen MR) is 75.4 cm³/mol. The number of hydrogen-bond donors (Lipinski definition) is 2. The second-order valence-corrected chi connectivity index (χ2v) is 4.90. The summed E-state index contributed by atoms with van der Waals surface area (Å²) in [5, 5.41) is 2.86. The van der Waals surface area contributed by atoms with Crippen LogP contribution in [-0.4, -0.2) is 24.0 Å². The van der Waals surface area contributed by atoms with E-state index >= 15 is 0 Å². The number of nitrogen functional groups attached to an aromatic ring is 1. The number of aryl methyl sites for hydroxylation is 1. The summed E-state index contributed by atoms with van der Waals surface area (Å²) in [4.78, 5) is 11.8. The van der Waals surface area contributed by atoms with Gasteiger partial charge in [0.2, 0.25) is 0 Å². The van der Waals surface area contributed by atoms with Crippen LogP contribution < -0.4 is 11.1 Å². The molecule has 0 atom stereocenters. The number of rotatable bonds is 6. The fourth-order valence-electron chi connectivity index (χ4n) is 1.45. The van der Waals surface area contributed by atoms with Crippen LogP contribution in [0.2, 0.25) is 0 Å². The van der Waals surface area contributed by atoms with Gasteiger partial charge in [0, 0.05) is 29.3 Å². The molecule has 0 heterocycles. The highest BCUT2D eigenvalue weighted by Crippen LogP contribution is 2.11. The minimum atomic E-state index is -0.0698. The predicted octanol–water partition coefficient (Wildman–Crippen LogP) is 2.23. The average molecular weight is 250 g/mol. The van der Waals surface area contributed by atoms with Gasteiger partial charge in [-0.25, -0.2) is 0 Å². The Hall–Kier alpha value is -1.42. The van der Waals surface area contributed by atoms with E-state index in [4.69, 9.17) is 5.73 Å². The van der Waals surface area contributed by atoms with Crippen LogP contribution >= 0.6 is 11.8 Å². The number of nitrogens with one attached hydrogen (secondary N) is 1. The van der Waals surface area contributed by atoms with Crippen molar-refractivity contribution in [3.05, 3.63) is 42.0 Å². The zero-order valence-corrected chi connectivity index (χ0v) is 10.8. The quantitative estimate of drug-likeness (QED) is 0.462. The minimum absolute atomic E-state index is 0.0698. The molecule has 0 saturated carbocycles. The zero-order valence-electron chi connectivity index (χ0n) is 10.0. The highest BCUT2D eigenvalue weighted by molar-refractivity contribution is 7.99. The third-order valence-electron chi connectivity index (χ3n) is 2.13. The molecular formula is C13H18N2OS. The minimum Gasteiger partial charge on any atom is -0.399 e.